The number of rotatable bonds is 6. The number of ether oxygens (including phenoxy) is 1. The van der Waals surface area contributed by atoms with Gasteiger partial charge in [-0.1, -0.05) is 13.8 Å². The molecular formula is C17H32N2O3. The molecule has 0 aromatic heterocycles. The van der Waals surface area contributed by atoms with Gasteiger partial charge in [0.05, 0.1) is 6.10 Å². The first-order valence-electron chi connectivity index (χ1n) is 8.81. The molecule has 1 heterocycles. The number of piperazine rings is 1. The predicted molar refractivity (Wildman–Crippen MR) is 86.7 cm³/mol. The third-order valence-electron chi connectivity index (χ3n) is 4.95. The fourth-order valence-corrected chi connectivity index (χ4v) is 3.43. The highest BCUT2D eigenvalue weighted by atomic mass is 16.5. The molecule has 1 saturated carbocycles. The Kier molecular flexibility index (Phi) is 6.66. The molecule has 2 fully saturated rings. The van der Waals surface area contributed by atoms with Gasteiger partial charge in [-0.25, -0.2) is 0 Å². The number of carbonyl (C=O) groups excluding carboxylic acids is 1. The molecule has 3 atom stereocenters. The molecule has 128 valence electrons. The summed E-state index contributed by atoms with van der Waals surface area (Å²) in [5.41, 5.74) is 0. The van der Waals surface area contributed by atoms with Gasteiger partial charge in [0.1, 0.15) is 6.10 Å². The molecule has 5 heteroatoms. The molecule has 0 aromatic rings. The number of nitrogens with zero attached hydrogens (tertiary/aromatic N) is 2. The Balaban J connectivity index is 1.72. The lowest BCUT2D eigenvalue weighted by Crippen LogP contribution is -2.55. The molecule has 0 aromatic carbocycles. The molecule has 5 nitrogen and oxygen atoms in total. The zero-order valence-corrected chi connectivity index (χ0v) is 14.3. The smallest absolute Gasteiger partial charge is 0.251 e. The third kappa shape index (κ3) is 4.67. The molecule has 0 unspecified atom stereocenters. The monoisotopic (exact) mass is 312 g/mol. The molecule has 0 bridgehead atoms. The van der Waals surface area contributed by atoms with E-state index in [1.54, 1.807) is 0 Å². The van der Waals surface area contributed by atoms with E-state index < -0.39 is 0 Å². The van der Waals surface area contributed by atoms with E-state index in [1.165, 1.54) is 0 Å². The van der Waals surface area contributed by atoms with E-state index in [9.17, 15) is 9.90 Å². The largest absolute Gasteiger partial charge is 0.391 e. The molecule has 2 rings (SSSR count). The second-order valence-electron chi connectivity index (χ2n) is 7.12. The van der Waals surface area contributed by atoms with Crippen molar-refractivity contribution >= 4 is 5.91 Å². The van der Waals surface area contributed by atoms with Crippen molar-refractivity contribution in [1.29, 1.82) is 0 Å². The standard InChI is InChI=1S/C17H32N2O3/c1-13(2)7-12-22-14(3)17(21)19-10-8-18(9-11-19)15-5-4-6-16(15)20/h13-16,20H,4-12H2,1-3H3/t14-,15+,16-/m1/s1. The first kappa shape index (κ1) is 17.7. The fourth-order valence-electron chi connectivity index (χ4n) is 3.43. The minimum absolute atomic E-state index is 0.107. The second kappa shape index (κ2) is 8.27. The molecule has 1 aliphatic heterocycles. The molecule has 1 N–H and O–H groups in total. The molecule has 1 aliphatic carbocycles. The quantitative estimate of drug-likeness (QED) is 0.807. The number of aliphatic hydroxyl groups excluding tert-OH is 1. The summed E-state index contributed by atoms with van der Waals surface area (Å²) in [6.07, 6.45) is 3.59. The summed E-state index contributed by atoms with van der Waals surface area (Å²) in [7, 11) is 0. The van der Waals surface area contributed by atoms with Gasteiger partial charge in [-0.2, -0.15) is 0 Å². The molecular weight excluding hydrogens is 280 g/mol. The van der Waals surface area contributed by atoms with Gasteiger partial charge in [0.2, 0.25) is 0 Å². The Hall–Kier alpha value is -0.650. The maximum Gasteiger partial charge on any atom is 0.251 e. The van der Waals surface area contributed by atoms with Crippen LogP contribution in [0, 0.1) is 5.92 Å². The Morgan fingerprint density at radius 3 is 2.41 bits per heavy atom. The first-order chi connectivity index (χ1) is 10.5. The highest BCUT2D eigenvalue weighted by Crippen LogP contribution is 2.25. The van der Waals surface area contributed by atoms with Crippen LogP contribution in [-0.4, -0.2) is 71.8 Å². The van der Waals surface area contributed by atoms with Crippen LogP contribution in [0.5, 0.6) is 0 Å². The molecule has 1 amide bonds. The van der Waals surface area contributed by atoms with E-state index in [-0.39, 0.29) is 18.1 Å². The minimum atomic E-state index is -0.345. The van der Waals surface area contributed by atoms with Crippen LogP contribution in [0.2, 0.25) is 0 Å². The summed E-state index contributed by atoms with van der Waals surface area (Å²) in [6, 6.07) is 0.303. The van der Waals surface area contributed by atoms with Gasteiger partial charge < -0.3 is 14.7 Å². The minimum Gasteiger partial charge on any atom is -0.391 e. The summed E-state index contributed by atoms with van der Waals surface area (Å²) in [4.78, 5) is 16.7. The van der Waals surface area contributed by atoms with Crippen molar-refractivity contribution in [2.24, 2.45) is 5.92 Å². The molecule has 22 heavy (non-hydrogen) atoms. The van der Waals surface area contributed by atoms with Crippen molar-refractivity contribution in [3.05, 3.63) is 0 Å². The van der Waals surface area contributed by atoms with E-state index in [1.807, 2.05) is 11.8 Å². The van der Waals surface area contributed by atoms with Gasteiger partial charge in [-0.3, -0.25) is 9.69 Å². The fraction of sp³-hybridized carbons (Fsp3) is 0.941. The summed E-state index contributed by atoms with van der Waals surface area (Å²) >= 11 is 0. The van der Waals surface area contributed by atoms with Crippen molar-refractivity contribution in [3.63, 3.8) is 0 Å². The SMILES string of the molecule is CC(C)CCO[C@H](C)C(=O)N1CCN([C@H]2CCC[C@H]2O)CC1. The Morgan fingerprint density at radius 1 is 1.18 bits per heavy atom. The summed E-state index contributed by atoms with van der Waals surface area (Å²) in [5.74, 6) is 0.707. The van der Waals surface area contributed by atoms with Crippen molar-refractivity contribution in [2.45, 2.75) is 64.7 Å². The highest BCUT2D eigenvalue weighted by Gasteiger charge is 2.34. The summed E-state index contributed by atoms with van der Waals surface area (Å²) in [6.45, 7) is 10.1. The van der Waals surface area contributed by atoms with Crippen LogP contribution >= 0.6 is 0 Å². The van der Waals surface area contributed by atoms with Crippen molar-refractivity contribution < 1.29 is 14.6 Å². The number of hydrogen-bond acceptors (Lipinski definition) is 4. The number of aliphatic hydroxyl groups is 1. The van der Waals surface area contributed by atoms with Crippen molar-refractivity contribution in [3.8, 4) is 0 Å². The van der Waals surface area contributed by atoms with E-state index in [2.05, 4.69) is 18.7 Å². The number of amides is 1. The zero-order valence-electron chi connectivity index (χ0n) is 14.3. The van der Waals surface area contributed by atoms with Crippen molar-refractivity contribution in [2.75, 3.05) is 32.8 Å². The molecule has 1 saturated heterocycles. The lowest BCUT2D eigenvalue weighted by molar-refractivity contribution is -0.145. The van der Waals surface area contributed by atoms with Crippen LogP contribution in [0.4, 0.5) is 0 Å². The van der Waals surface area contributed by atoms with Crippen LogP contribution in [-0.2, 0) is 9.53 Å². The second-order valence-corrected chi connectivity index (χ2v) is 7.12. The van der Waals surface area contributed by atoms with Gasteiger partial charge in [0, 0.05) is 38.8 Å². The van der Waals surface area contributed by atoms with Crippen LogP contribution in [0.3, 0.4) is 0 Å². The topological polar surface area (TPSA) is 53.0 Å². The summed E-state index contributed by atoms with van der Waals surface area (Å²) < 4.78 is 5.67. The van der Waals surface area contributed by atoms with Crippen LogP contribution < -0.4 is 0 Å². The zero-order chi connectivity index (χ0) is 16.1. The Labute approximate surface area is 134 Å². The summed E-state index contributed by atoms with van der Waals surface area (Å²) in [5, 5.41) is 10.0. The normalized spacial score (nSPS) is 28.3. The van der Waals surface area contributed by atoms with Gasteiger partial charge in [-0.05, 0) is 38.5 Å². The predicted octanol–water partition coefficient (Wildman–Crippen LogP) is 1.50. The average Bonchev–Trinajstić information content (AvgIpc) is 2.92. The van der Waals surface area contributed by atoms with Gasteiger partial charge in [0.25, 0.3) is 5.91 Å². The van der Waals surface area contributed by atoms with E-state index >= 15 is 0 Å². The van der Waals surface area contributed by atoms with E-state index in [0.29, 0.717) is 18.6 Å². The van der Waals surface area contributed by atoms with E-state index in [0.717, 1.165) is 51.9 Å². The lowest BCUT2D eigenvalue weighted by Gasteiger charge is -2.39. The molecule has 0 spiro atoms. The number of carbonyl (C=O) groups is 1. The lowest BCUT2D eigenvalue weighted by atomic mass is 10.1. The van der Waals surface area contributed by atoms with Crippen LogP contribution in [0.15, 0.2) is 0 Å². The molecule has 2 aliphatic rings. The van der Waals surface area contributed by atoms with Gasteiger partial charge in [-0.15, -0.1) is 0 Å². The highest BCUT2D eigenvalue weighted by molar-refractivity contribution is 5.80. The third-order valence-corrected chi connectivity index (χ3v) is 4.95. The van der Waals surface area contributed by atoms with Gasteiger partial charge >= 0.3 is 0 Å². The van der Waals surface area contributed by atoms with Crippen molar-refractivity contribution in [1.82, 2.24) is 9.80 Å². The Morgan fingerprint density at radius 2 is 1.86 bits per heavy atom. The molecule has 0 radical (unpaired) electrons. The number of hydrogen-bond donors (Lipinski definition) is 1. The van der Waals surface area contributed by atoms with Gasteiger partial charge in [0.15, 0.2) is 0 Å². The van der Waals surface area contributed by atoms with Crippen LogP contribution in [0.1, 0.15) is 46.5 Å². The maximum atomic E-state index is 12.4. The maximum absolute atomic E-state index is 12.4. The average molecular weight is 312 g/mol. The Bertz CT molecular complexity index is 354. The first-order valence-corrected chi connectivity index (χ1v) is 8.81. The van der Waals surface area contributed by atoms with Crippen LogP contribution in [0.25, 0.3) is 0 Å². The van der Waals surface area contributed by atoms with E-state index in [4.69, 9.17) is 4.74 Å².